The number of carbonyl (C=O) groups is 1. The van der Waals surface area contributed by atoms with Crippen LogP contribution in [0.5, 0.6) is 0 Å². The Labute approximate surface area is 146 Å². The first-order chi connectivity index (χ1) is 11.3. The van der Waals surface area contributed by atoms with Gasteiger partial charge in [0, 0.05) is 11.1 Å². The quantitative estimate of drug-likeness (QED) is 0.704. The smallest absolute Gasteiger partial charge is 0.335 e. The van der Waals surface area contributed by atoms with Gasteiger partial charge < -0.3 is 5.11 Å². The first-order valence-electron chi connectivity index (χ1n) is 6.74. The van der Waals surface area contributed by atoms with Crippen molar-refractivity contribution in [3.05, 3.63) is 52.3 Å². The maximum Gasteiger partial charge on any atom is 0.335 e. The molecule has 0 aliphatic heterocycles. The number of carboxylic acid groups (broad SMARTS) is 1. The predicted octanol–water partition coefficient (Wildman–Crippen LogP) is 3.68. The monoisotopic (exact) mass is 380 g/mol. The molecule has 24 heavy (non-hydrogen) atoms. The highest BCUT2D eigenvalue weighted by Crippen LogP contribution is 2.32. The van der Waals surface area contributed by atoms with Crippen molar-refractivity contribution in [3.8, 4) is 10.6 Å². The summed E-state index contributed by atoms with van der Waals surface area (Å²) in [6.45, 7) is 1.89. The molecule has 0 unspecified atom stereocenters. The average molecular weight is 380 g/mol. The number of aryl methyl sites for hydroxylation is 1. The summed E-state index contributed by atoms with van der Waals surface area (Å²) in [4.78, 5) is 16.1. The van der Waals surface area contributed by atoms with Gasteiger partial charge in [-0.2, -0.15) is 0 Å². The van der Waals surface area contributed by atoms with Gasteiger partial charge in [0.25, 0.3) is 10.0 Å². The summed E-state index contributed by atoms with van der Waals surface area (Å²) in [7, 11) is -3.78. The first-order valence-corrected chi connectivity index (χ1v) is 9.91. The van der Waals surface area contributed by atoms with Gasteiger partial charge in [-0.3, -0.25) is 4.72 Å². The highest BCUT2D eigenvalue weighted by Gasteiger charge is 2.19. The standard InChI is InChI=1S/C15H12N2O4S3/c1-9-16-12(8-22-9)13-5-6-14(23-13)24(20,21)17-11-4-2-3-10(7-11)15(18)19/h2-8,17H,1H3,(H,18,19). The van der Waals surface area contributed by atoms with Gasteiger partial charge in [-0.25, -0.2) is 18.2 Å². The van der Waals surface area contributed by atoms with Gasteiger partial charge in [0.15, 0.2) is 0 Å². The predicted molar refractivity (Wildman–Crippen MR) is 94.4 cm³/mol. The molecule has 0 radical (unpaired) electrons. The molecule has 0 aliphatic carbocycles. The number of carboxylic acids is 1. The average Bonchev–Trinajstić information content (AvgIpc) is 3.16. The summed E-state index contributed by atoms with van der Waals surface area (Å²) >= 11 is 2.61. The molecule has 0 atom stereocenters. The molecule has 0 spiro atoms. The van der Waals surface area contributed by atoms with E-state index in [4.69, 9.17) is 5.11 Å². The zero-order valence-electron chi connectivity index (χ0n) is 12.4. The third-order valence-corrected chi connectivity index (χ3v) is 6.83. The Kier molecular flexibility index (Phi) is 4.39. The fourth-order valence-electron chi connectivity index (χ4n) is 2.00. The van der Waals surface area contributed by atoms with Crippen molar-refractivity contribution in [3.63, 3.8) is 0 Å². The van der Waals surface area contributed by atoms with E-state index in [1.54, 1.807) is 6.07 Å². The Balaban J connectivity index is 1.87. The molecule has 0 aliphatic rings. The normalized spacial score (nSPS) is 11.4. The molecule has 0 fully saturated rings. The number of nitrogens with zero attached hydrogens (tertiary/aromatic N) is 1. The molecule has 9 heteroatoms. The molecule has 0 saturated carbocycles. The Morgan fingerprint density at radius 1 is 1.25 bits per heavy atom. The largest absolute Gasteiger partial charge is 0.478 e. The molecule has 2 aromatic heterocycles. The van der Waals surface area contributed by atoms with Crippen molar-refractivity contribution in [2.75, 3.05) is 4.72 Å². The van der Waals surface area contributed by atoms with Crippen LogP contribution >= 0.6 is 22.7 Å². The minimum Gasteiger partial charge on any atom is -0.478 e. The van der Waals surface area contributed by atoms with Crippen molar-refractivity contribution >= 4 is 44.4 Å². The van der Waals surface area contributed by atoms with Gasteiger partial charge in [0.05, 0.1) is 21.1 Å². The van der Waals surface area contributed by atoms with E-state index in [9.17, 15) is 13.2 Å². The van der Waals surface area contributed by atoms with E-state index in [1.165, 1.54) is 41.7 Å². The van der Waals surface area contributed by atoms with Gasteiger partial charge in [-0.05, 0) is 37.3 Å². The summed E-state index contributed by atoms with van der Waals surface area (Å²) in [5.74, 6) is -1.12. The van der Waals surface area contributed by atoms with E-state index < -0.39 is 16.0 Å². The van der Waals surface area contributed by atoms with Crippen molar-refractivity contribution in [2.45, 2.75) is 11.1 Å². The SMILES string of the molecule is Cc1nc(-c2ccc(S(=O)(=O)Nc3cccc(C(=O)O)c3)s2)cs1. The van der Waals surface area contributed by atoms with E-state index >= 15 is 0 Å². The van der Waals surface area contributed by atoms with Crippen molar-refractivity contribution < 1.29 is 18.3 Å². The van der Waals surface area contributed by atoms with Crippen LogP contribution in [0.3, 0.4) is 0 Å². The van der Waals surface area contributed by atoms with Crippen LogP contribution in [0.25, 0.3) is 10.6 Å². The fraction of sp³-hybridized carbons (Fsp3) is 0.0667. The second-order valence-electron chi connectivity index (χ2n) is 4.86. The summed E-state index contributed by atoms with van der Waals surface area (Å²) in [6.07, 6.45) is 0. The summed E-state index contributed by atoms with van der Waals surface area (Å²) in [5, 5.41) is 11.8. The molecule has 0 bridgehead atoms. The number of aromatic nitrogens is 1. The van der Waals surface area contributed by atoms with Gasteiger partial charge in [0.2, 0.25) is 0 Å². The number of anilines is 1. The number of nitrogens with one attached hydrogen (secondary N) is 1. The maximum absolute atomic E-state index is 12.5. The lowest BCUT2D eigenvalue weighted by Crippen LogP contribution is -2.12. The summed E-state index contributed by atoms with van der Waals surface area (Å²) in [5.41, 5.74) is 0.964. The molecule has 0 saturated heterocycles. The highest BCUT2D eigenvalue weighted by atomic mass is 32.2. The van der Waals surface area contributed by atoms with Crippen LogP contribution in [0, 0.1) is 6.92 Å². The third-order valence-electron chi connectivity index (χ3n) is 3.08. The number of hydrogen-bond acceptors (Lipinski definition) is 6. The first kappa shape index (κ1) is 16.6. The number of thiazole rings is 1. The molecule has 3 aromatic rings. The minimum atomic E-state index is -3.78. The molecule has 3 rings (SSSR count). The van der Waals surface area contributed by atoms with Gasteiger partial charge in [0.1, 0.15) is 4.21 Å². The van der Waals surface area contributed by atoms with Crippen LogP contribution in [-0.2, 0) is 10.0 Å². The minimum absolute atomic E-state index is 0.0139. The Morgan fingerprint density at radius 2 is 2.04 bits per heavy atom. The zero-order chi connectivity index (χ0) is 17.3. The van der Waals surface area contributed by atoms with Crippen molar-refractivity contribution in [2.24, 2.45) is 0 Å². The molecular formula is C15H12N2O4S3. The second-order valence-corrected chi connectivity index (χ2v) is 8.92. The van der Waals surface area contributed by atoms with Crippen LogP contribution in [-0.4, -0.2) is 24.5 Å². The number of aromatic carboxylic acids is 1. The lowest BCUT2D eigenvalue weighted by molar-refractivity contribution is 0.0697. The lowest BCUT2D eigenvalue weighted by Gasteiger charge is -2.06. The summed E-state index contributed by atoms with van der Waals surface area (Å²) < 4.78 is 27.5. The third kappa shape index (κ3) is 3.48. The number of sulfonamides is 1. The Hall–Kier alpha value is -2.23. The molecule has 124 valence electrons. The van der Waals surface area contributed by atoms with Crippen molar-refractivity contribution in [1.29, 1.82) is 0 Å². The molecular weight excluding hydrogens is 368 g/mol. The van der Waals surface area contributed by atoms with Gasteiger partial charge >= 0.3 is 5.97 Å². The molecule has 1 aromatic carbocycles. The topological polar surface area (TPSA) is 96.4 Å². The van der Waals surface area contributed by atoms with E-state index in [0.717, 1.165) is 26.9 Å². The van der Waals surface area contributed by atoms with Crippen LogP contribution in [0.2, 0.25) is 0 Å². The number of hydrogen-bond donors (Lipinski definition) is 2. The number of benzene rings is 1. The van der Waals surface area contributed by atoms with E-state index in [2.05, 4.69) is 9.71 Å². The van der Waals surface area contributed by atoms with Crippen LogP contribution in [0.15, 0.2) is 46.0 Å². The molecule has 0 amide bonds. The molecule has 6 nitrogen and oxygen atoms in total. The number of rotatable bonds is 5. The van der Waals surface area contributed by atoms with Crippen LogP contribution in [0.1, 0.15) is 15.4 Å². The van der Waals surface area contributed by atoms with E-state index in [1.807, 2.05) is 12.3 Å². The Morgan fingerprint density at radius 3 is 2.71 bits per heavy atom. The Bertz CT molecular complexity index is 1010. The van der Waals surface area contributed by atoms with Gasteiger partial charge in [-0.15, -0.1) is 22.7 Å². The fourth-order valence-corrected chi connectivity index (χ4v) is 5.00. The van der Waals surface area contributed by atoms with Crippen molar-refractivity contribution in [1.82, 2.24) is 4.98 Å². The van der Waals surface area contributed by atoms with Gasteiger partial charge in [-0.1, -0.05) is 6.07 Å². The molecule has 2 N–H and O–H groups in total. The van der Waals surface area contributed by atoms with Crippen LogP contribution in [0.4, 0.5) is 5.69 Å². The maximum atomic E-state index is 12.5. The van der Waals surface area contributed by atoms with E-state index in [0.29, 0.717) is 0 Å². The lowest BCUT2D eigenvalue weighted by atomic mass is 10.2. The van der Waals surface area contributed by atoms with E-state index in [-0.39, 0.29) is 15.5 Å². The number of thiophene rings is 1. The molecule has 2 heterocycles. The van der Waals surface area contributed by atoms with Crippen LogP contribution < -0.4 is 4.72 Å². The highest BCUT2D eigenvalue weighted by molar-refractivity contribution is 7.94. The zero-order valence-corrected chi connectivity index (χ0v) is 14.8. The summed E-state index contributed by atoms with van der Waals surface area (Å²) in [6, 6.07) is 8.88. The second kappa shape index (κ2) is 6.34.